The van der Waals surface area contributed by atoms with Gasteiger partial charge in [0.2, 0.25) is 0 Å². The van der Waals surface area contributed by atoms with Gasteiger partial charge in [0.1, 0.15) is 5.69 Å². The highest BCUT2D eigenvalue weighted by Gasteiger charge is 2.15. The number of nitrogens with zero attached hydrogens (tertiary/aromatic N) is 2. The van der Waals surface area contributed by atoms with Gasteiger partial charge in [-0.25, -0.2) is 13.8 Å². The lowest BCUT2D eigenvalue weighted by molar-refractivity contribution is 0.145. The van der Waals surface area contributed by atoms with Crippen molar-refractivity contribution in [2.45, 2.75) is 18.2 Å². The fraction of sp³-hybridized carbons (Fsp3) is 0.333. The number of halogens is 4. The van der Waals surface area contributed by atoms with Crippen LogP contribution in [0.5, 0.6) is 0 Å². The molecule has 0 fully saturated rings. The Balaban J connectivity index is 3.26. The zero-order valence-corrected chi connectivity index (χ0v) is 10.6. The number of hydrogen-bond donors (Lipinski definition) is 0. The number of hydrogen-bond acceptors (Lipinski definition) is 2. The number of rotatable bonds is 3. The molecule has 0 radical (unpaired) electrons. The highest BCUT2D eigenvalue weighted by molar-refractivity contribution is 9.10. The van der Waals surface area contributed by atoms with Gasteiger partial charge in [-0.15, -0.1) is 0 Å². The minimum absolute atomic E-state index is 0.0861. The Morgan fingerprint density at radius 3 is 2.67 bits per heavy atom. The van der Waals surface area contributed by atoms with E-state index < -0.39 is 6.43 Å². The van der Waals surface area contributed by atoms with Crippen LogP contribution in [0.25, 0.3) is 0 Å². The van der Waals surface area contributed by atoms with Crippen molar-refractivity contribution in [3.05, 3.63) is 27.5 Å². The molecule has 0 aliphatic carbocycles. The van der Waals surface area contributed by atoms with E-state index in [0.29, 0.717) is 21.1 Å². The molecule has 0 atom stereocenters. The van der Waals surface area contributed by atoms with Crippen LogP contribution in [0.1, 0.15) is 23.4 Å². The van der Waals surface area contributed by atoms with E-state index in [-0.39, 0.29) is 12.1 Å². The molecule has 15 heavy (non-hydrogen) atoms. The van der Waals surface area contributed by atoms with Crippen molar-refractivity contribution in [3.63, 3.8) is 0 Å². The highest BCUT2D eigenvalue weighted by atomic mass is 79.9. The molecule has 0 amide bonds. The van der Waals surface area contributed by atoms with Crippen molar-refractivity contribution in [1.29, 1.82) is 5.26 Å². The van der Waals surface area contributed by atoms with Crippen LogP contribution in [0, 0.1) is 11.3 Å². The van der Waals surface area contributed by atoms with Crippen molar-refractivity contribution in [1.82, 2.24) is 4.98 Å². The van der Waals surface area contributed by atoms with Crippen molar-refractivity contribution in [3.8, 4) is 6.07 Å². The van der Waals surface area contributed by atoms with Gasteiger partial charge in [-0.3, -0.25) is 0 Å². The molecular weight excluding hydrogens is 334 g/mol. The number of pyridine rings is 1. The van der Waals surface area contributed by atoms with Gasteiger partial charge >= 0.3 is 0 Å². The standard InChI is InChI=1S/C9H6Br2F2N2/c10-4-7-8(11)5(1-2-14)3-6(15-7)9(12)13/h3,9H,1,4H2. The zero-order chi connectivity index (χ0) is 11.4. The summed E-state index contributed by atoms with van der Waals surface area (Å²) in [7, 11) is 0. The van der Waals surface area contributed by atoms with Gasteiger partial charge < -0.3 is 0 Å². The van der Waals surface area contributed by atoms with Gasteiger partial charge in [-0.05, 0) is 27.6 Å². The van der Waals surface area contributed by atoms with Crippen molar-refractivity contribution >= 4 is 31.9 Å². The second kappa shape index (κ2) is 5.52. The number of aromatic nitrogens is 1. The quantitative estimate of drug-likeness (QED) is 0.786. The molecule has 0 aromatic carbocycles. The van der Waals surface area contributed by atoms with E-state index in [2.05, 4.69) is 36.8 Å². The summed E-state index contributed by atoms with van der Waals surface area (Å²) in [5, 5.41) is 8.91. The van der Waals surface area contributed by atoms with E-state index in [1.165, 1.54) is 6.07 Å². The number of alkyl halides is 3. The fourth-order valence-electron chi connectivity index (χ4n) is 1.08. The smallest absolute Gasteiger partial charge is 0.250 e. The Morgan fingerprint density at radius 1 is 1.53 bits per heavy atom. The SMILES string of the molecule is N#CCc1cc(C(F)F)nc(CBr)c1Br. The Bertz CT molecular complexity index is 402. The van der Waals surface area contributed by atoms with Gasteiger partial charge in [0, 0.05) is 9.80 Å². The Kier molecular flexibility index (Phi) is 4.61. The topological polar surface area (TPSA) is 36.7 Å². The predicted octanol–water partition coefficient (Wildman–Crippen LogP) is 3.74. The molecule has 0 bridgehead atoms. The van der Waals surface area contributed by atoms with Gasteiger partial charge in [-0.1, -0.05) is 15.9 Å². The molecule has 0 spiro atoms. The summed E-state index contributed by atoms with van der Waals surface area (Å²) in [6.45, 7) is 0. The van der Waals surface area contributed by atoms with Crippen molar-refractivity contribution in [2.75, 3.05) is 0 Å². The molecular formula is C9H6Br2F2N2. The minimum Gasteiger partial charge on any atom is -0.250 e. The largest absolute Gasteiger partial charge is 0.280 e. The summed E-state index contributed by atoms with van der Waals surface area (Å²) in [6.07, 6.45) is -2.53. The normalized spacial score (nSPS) is 10.4. The van der Waals surface area contributed by atoms with Crippen LogP contribution in [0.4, 0.5) is 8.78 Å². The summed E-state index contributed by atoms with van der Waals surface area (Å²) in [5.74, 6) is 0. The maximum atomic E-state index is 12.5. The highest BCUT2D eigenvalue weighted by Crippen LogP contribution is 2.27. The lowest BCUT2D eigenvalue weighted by Gasteiger charge is -2.08. The van der Waals surface area contributed by atoms with Crippen LogP contribution < -0.4 is 0 Å². The average molecular weight is 340 g/mol. The van der Waals surface area contributed by atoms with Crippen LogP contribution in [0.15, 0.2) is 10.5 Å². The first-order valence-electron chi connectivity index (χ1n) is 3.99. The number of nitriles is 1. The molecule has 0 saturated carbocycles. The first-order valence-corrected chi connectivity index (χ1v) is 5.90. The third kappa shape index (κ3) is 2.95. The average Bonchev–Trinajstić information content (AvgIpc) is 2.21. The lowest BCUT2D eigenvalue weighted by Crippen LogP contribution is -2.00. The minimum atomic E-state index is -2.62. The van der Waals surface area contributed by atoms with E-state index in [0.717, 1.165) is 0 Å². The molecule has 1 rings (SSSR count). The van der Waals surface area contributed by atoms with Crippen LogP contribution in [-0.2, 0) is 11.8 Å². The molecule has 1 aromatic heterocycles. The monoisotopic (exact) mass is 338 g/mol. The van der Waals surface area contributed by atoms with Crippen LogP contribution in [0.3, 0.4) is 0 Å². The second-order valence-electron chi connectivity index (χ2n) is 2.74. The van der Waals surface area contributed by atoms with Gasteiger partial charge in [0.05, 0.1) is 18.2 Å². The first kappa shape index (κ1) is 12.5. The summed E-state index contributed by atoms with van der Waals surface area (Å²) < 4.78 is 25.5. The van der Waals surface area contributed by atoms with Crippen molar-refractivity contribution < 1.29 is 8.78 Å². The molecule has 0 aliphatic heterocycles. The second-order valence-corrected chi connectivity index (χ2v) is 4.09. The summed E-state index contributed by atoms with van der Waals surface area (Å²) in [5.41, 5.74) is 0.730. The van der Waals surface area contributed by atoms with Crippen LogP contribution in [-0.4, -0.2) is 4.98 Å². The van der Waals surface area contributed by atoms with E-state index in [4.69, 9.17) is 5.26 Å². The maximum absolute atomic E-state index is 12.5. The Morgan fingerprint density at radius 2 is 2.20 bits per heavy atom. The fourth-order valence-corrected chi connectivity index (χ4v) is 2.34. The molecule has 0 N–H and O–H groups in total. The molecule has 1 heterocycles. The Hall–Kier alpha value is -0.540. The van der Waals surface area contributed by atoms with E-state index >= 15 is 0 Å². The van der Waals surface area contributed by atoms with Crippen LogP contribution in [0.2, 0.25) is 0 Å². The van der Waals surface area contributed by atoms with E-state index in [9.17, 15) is 8.78 Å². The van der Waals surface area contributed by atoms with Gasteiger partial charge in [0.15, 0.2) is 0 Å². The first-order chi connectivity index (χ1) is 7.10. The molecule has 1 aromatic rings. The third-order valence-corrected chi connectivity index (χ3v) is 3.24. The lowest BCUT2D eigenvalue weighted by atomic mass is 10.1. The molecule has 80 valence electrons. The van der Waals surface area contributed by atoms with E-state index in [1.54, 1.807) is 0 Å². The molecule has 2 nitrogen and oxygen atoms in total. The predicted molar refractivity (Wildman–Crippen MR) is 58.8 cm³/mol. The molecule has 6 heteroatoms. The summed E-state index contributed by atoms with van der Waals surface area (Å²) in [4.78, 5) is 3.78. The maximum Gasteiger partial charge on any atom is 0.280 e. The molecule has 0 saturated heterocycles. The zero-order valence-electron chi connectivity index (χ0n) is 7.48. The molecule has 0 aliphatic rings. The van der Waals surface area contributed by atoms with Crippen LogP contribution >= 0.6 is 31.9 Å². The van der Waals surface area contributed by atoms with Crippen molar-refractivity contribution in [2.24, 2.45) is 0 Å². The van der Waals surface area contributed by atoms with Gasteiger partial charge in [0.25, 0.3) is 6.43 Å². The van der Waals surface area contributed by atoms with E-state index in [1.807, 2.05) is 6.07 Å². The third-order valence-electron chi connectivity index (χ3n) is 1.74. The Labute approximate surface area is 103 Å². The summed E-state index contributed by atoms with van der Waals surface area (Å²) >= 11 is 6.39. The molecule has 0 unspecified atom stereocenters. The summed E-state index contributed by atoms with van der Waals surface area (Å²) in [6, 6.07) is 3.18. The van der Waals surface area contributed by atoms with Gasteiger partial charge in [-0.2, -0.15) is 5.26 Å².